The number of aryl methyl sites for hydroxylation is 2. The monoisotopic (exact) mass is 446 g/mol. The van der Waals surface area contributed by atoms with E-state index in [1.165, 1.54) is 15.9 Å². The first-order valence-corrected chi connectivity index (χ1v) is 10.7. The van der Waals surface area contributed by atoms with Gasteiger partial charge in [-0.25, -0.2) is 4.98 Å². The fourth-order valence-electron chi connectivity index (χ4n) is 3.49. The molecule has 1 aromatic carbocycles. The Morgan fingerprint density at radius 1 is 1.19 bits per heavy atom. The molecule has 0 aliphatic heterocycles. The van der Waals surface area contributed by atoms with E-state index in [4.69, 9.17) is 4.74 Å². The van der Waals surface area contributed by atoms with Crippen molar-refractivity contribution in [3.8, 4) is 10.7 Å². The predicted octanol–water partition coefficient (Wildman–Crippen LogP) is 2.69. The number of thiazole rings is 1. The molecule has 0 atom stereocenters. The summed E-state index contributed by atoms with van der Waals surface area (Å²) in [5.41, 5.74) is 2.88. The molecule has 5 rings (SSSR count). The van der Waals surface area contributed by atoms with Crippen LogP contribution in [0.1, 0.15) is 17.1 Å². The molecule has 0 radical (unpaired) electrons. The number of hydrogen-bond acceptors (Lipinski definition) is 8. The van der Waals surface area contributed by atoms with Crippen molar-refractivity contribution in [3.63, 3.8) is 0 Å². The van der Waals surface area contributed by atoms with Gasteiger partial charge in [-0.2, -0.15) is 0 Å². The highest BCUT2D eigenvalue weighted by molar-refractivity contribution is 7.13. The Labute approximate surface area is 186 Å². The molecule has 5 aromatic rings. The Morgan fingerprint density at radius 3 is 2.88 bits per heavy atom. The van der Waals surface area contributed by atoms with Gasteiger partial charge in [-0.05, 0) is 31.2 Å². The molecule has 4 aromatic heterocycles. The maximum atomic E-state index is 12.7. The van der Waals surface area contributed by atoms with E-state index >= 15 is 0 Å². The SMILES string of the molecule is Cc1ccc2c(c1)c(=O)n(C)c1nnc(COC(=O)Cc3csc(-c4ccccn4)n3)n21. The molecule has 0 aliphatic rings. The highest BCUT2D eigenvalue weighted by atomic mass is 32.1. The molecule has 0 saturated carbocycles. The van der Waals surface area contributed by atoms with E-state index in [9.17, 15) is 9.59 Å². The second kappa shape index (κ2) is 7.97. The molecule has 0 fully saturated rings. The van der Waals surface area contributed by atoms with Gasteiger partial charge in [0.25, 0.3) is 5.56 Å². The molecule has 0 spiro atoms. The first-order chi connectivity index (χ1) is 15.5. The van der Waals surface area contributed by atoms with E-state index in [0.717, 1.165) is 16.3 Å². The zero-order valence-corrected chi connectivity index (χ0v) is 18.2. The molecule has 0 saturated heterocycles. The summed E-state index contributed by atoms with van der Waals surface area (Å²) in [7, 11) is 1.64. The lowest BCUT2D eigenvalue weighted by Gasteiger charge is -2.09. The van der Waals surface area contributed by atoms with Crippen molar-refractivity contribution >= 4 is 34.0 Å². The van der Waals surface area contributed by atoms with Crippen molar-refractivity contribution in [2.24, 2.45) is 7.05 Å². The molecular formula is C22H18N6O3S. The number of fused-ring (bicyclic) bond motifs is 3. The number of hydrogen-bond donors (Lipinski definition) is 0. The molecular weight excluding hydrogens is 428 g/mol. The highest BCUT2D eigenvalue weighted by Gasteiger charge is 2.17. The number of esters is 1. The van der Waals surface area contributed by atoms with Crippen molar-refractivity contribution in [1.82, 2.24) is 29.1 Å². The Kier molecular flexibility index (Phi) is 4.98. The minimum absolute atomic E-state index is 0.0402. The Balaban J connectivity index is 1.37. The van der Waals surface area contributed by atoms with E-state index in [1.807, 2.05) is 48.7 Å². The molecule has 0 unspecified atom stereocenters. The van der Waals surface area contributed by atoms with E-state index in [1.54, 1.807) is 17.6 Å². The van der Waals surface area contributed by atoms with Gasteiger partial charge in [0.1, 0.15) is 5.01 Å². The fourth-order valence-corrected chi connectivity index (χ4v) is 4.29. The van der Waals surface area contributed by atoms with Crippen molar-refractivity contribution in [1.29, 1.82) is 0 Å². The van der Waals surface area contributed by atoms with Crippen LogP contribution in [0.25, 0.3) is 27.4 Å². The highest BCUT2D eigenvalue weighted by Crippen LogP contribution is 2.22. The summed E-state index contributed by atoms with van der Waals surface area (Å²) >= 11 is 1.43. The number of carbonyl (C=O) groups excluding carboxylic acids is 1. The van der Waals surface area contributed by atoms with Gasteiger partial charge >= 0.3 is 5.97 Å². The number of pyridine rings is 1. The second-order valence-corrected chi connectivity index (χ2v) is 8.19. The lowest BCUT2D eigenvalue weighted by molar-refractivity contribution is -0.144. The van der Waals surface area contributed by atoms with Gasteiger partial charge in [0.2, 0.25) is 5.78 Å². The molecule has 9 nitrogen and oxygen atoms in total. The number of aromatic nitrogens is 6. The van der Waals surface area contributed by atoms with Crippen molar-refractivity contribution in [3.05, 3.63) is 75.4 Å². The molecule has 0 aliphatic carbocycles. The summed E-state index contributed by atoms with van der Waals surface area (Å²) in [4.78, 5) is 33.8. The van der Waals surface area contributed by atoms with Crippen LogP contribution in [0.2, 0.25) is 0 Å². The molecule has 0 bridgehead atoms. The average Bonchev–Trinajstić information content (AvgIpc) is 3.44. The van der Waals surface area contributed by atoms with Crippen molar-refractivity contribution in [2.75, 3.05) is 0 Å². The van der Waals surface area contributed by atoms with Gasteiger partial charge in [0.05, 0.1) is 28.7 Å². The van der Waals surface area contributed by atoms with Crippen molar-refractivity contribution in [2.45, 2.75) is 20.0 Å². The van der Waals surface area contributed by atoms with E-state index in [0.29, 0.717) is 28.2 Å². The Hall–Kier alpha value is -3.92. The molecule has 32 heavy (non-hydrogen) atoms. The van der Waals surface area contributed by atoms with E-state index in [-0.39, 0.29) is 18.6 Å². The third-order valence-electron chi connectivity index (χ3n) is 5.06. The summed E-state index contributed by atoms with van der Waals surface area (Å²) in [5, 5.41) is 11.4. The fraction of sp³-hybridized carbons (Fsp3) is 0.182. The average molecular weight is 446 g/mol. The zero-order chi connectivity index (χ0) is 22.2. The Bertz CT molecular complexity index is 1520. The van der Waals surface area contributed by atoms with Gasteiger partial charge in [-0.3, -0.25) is 23.5 Å². The van der Waals surface area contributed by atoms with Crippen LogP contribution in [0, 0.1) is 6.92 Å². The molecule has 0 N–H and O–H groups in total. The lowest BCUT2D eigenvalue weighted by Crippen LogP contribution is -2.20. The second-order valence-electron chi connectivity index (χ2n) is 7.33. The van der Waals surface area contributed by atoms with E-state index in [2.05, 4.69) is 20.2 Å². The smallest absolute Gasteiger partial charge is 0.312 e. The summed E-state index contributed by atoms with van der Waals surface area (Å²) in [5.74, 6) is 0.395. The third kappa shape index (κ3) is 3.54. The quantitative estimate of drug-likeness (QED) is 0.382. The van der Waals surface area contributed by atoms with E-state index < -0.39 is 5.97 Å². The summed E-state index contributed by atoms with van der Waals surface area (Å²) in [6.07, 6.45) is 1.74. The minimum atomic E-state index is -0.426. The third-order valence-corrected chi connectivity index (χ3v) is 5.98. The Morgan fingerprint density at radius 2 is 2.06 bits per heavy atom. The minimum Gasteiger partial charge on any atom is -0.457 e. The standard InChI is InChI=1S/C22H18N6O3S/c1-13-6-7-17-15(9-13)21(30)27(2)22-26-25-18(28(17)22)11-31-19(29)10-14-12-32-20(24-14)16-5-3-4-8-23-16/h3-9,12H,10-11H2,1-2H3. The van der Waals surface area contributed by atoms with Crippen LogP contribution >= 0.6 is 11.3 Å². The maximum Gasteiger partial charge on any atom is 0.312 e. The van der Waals surface area contributed by atoms with Crippen LogP contribution < -0.4 is 5.56 Å². The molecule has 4 heterocycles. The largest absolute Gasteiger partial charge is 0.457 e. The van der Waals surface area contributed by atoms with Crippen LogP contribution in [0.4, 0.5) is 0 Å². The van der Waals surface area contributed by atoms with Crippen molar-refractivity contribution < 1.29 is 9.53 Å². The number of rotatable bonds is 5. The number of carbonyl (C=O) groups is 1. The maximum absolute atomic E-state index is 12.7. The zero-order valence-electron chi connectivity index (χ0n) is 17.3. The molecule has 0 amide bonds. The van der Waals surface area contributed by atoms with Gasteiger partial charge in [0, 0.05) is 18.6 Å². The first-order valence-electron chi connectivity index (χ1n) is 9.86. The summed E-state index contributed by atoms with van der Waals surface area (Å²) in [6, 6.07) is 11.2. The predicted molar refractivity (Wildman–Crippen MR) is 119 cm³/mol. The lowest BCUT2D eigenvalue weighted by atomic mass is 10.1. The number of ether oxygens (including phenoxy) is 1. The van der Waals surface area contributed by atoms with Gasteiger partial charge < -0.3 is 4.74 Å². The van der Waals surface area contributed by atoms with Crippen LogP contribution in [0.5, 0.6) is 0 Å². The summed E-state index contributed by atoms with van der Waals surface area (Å²) in [6.45, 7) is 1.86. The number of nitrogens with zero attached hydrogens (tertiary/aromatic N) is 6. The topological polar surface area (TPSA) is 104 Å². The van der Waals surface area contributed by atoms with Crippen LogP contribution in [0.3, 0.4) is 0 Å². The van der Waals surface area contributed by atoms with Crippen LogP contribution in [0.15, 0.2) is 52.8 Å². The van der Waals surface area contributed by atoms with Crippen LogP contribution in [-0.4, -0.2) is 35.1 Å². The summed E-state index contributed by atoms with van der Waals surface area (Å²) < 4.78 is 8.64. The number of benzene rings is 1. The van der Waals surface area contributed by atoms with Gasteiger partial charge in [-0.1, -0.05) is 17.7 Å². The van der Waals surface area contributed by atoms with Gasteiger partial charge in [0.15, 0.2) is 12.4 Å². The first kappa shape index (κ1) is 20.0. The molecule has 160 valence electrons. The molecule has 10 heteroatoms. The van der Waals surface area contributed by atoms with Crippen LogP contribution in [-0.2, 0) is 29.6 Å². The normalized spacial score (nSPS) is 11.3. The van der Waals surface area contributed by atoms with Gasteiger partial charge in [-0.15, -0.1) is 21.5 Å².